The van der Waals surface area contributed by atoms with Gasteiger partial charge < -0.3 is 9.11 Å². The molecule has 0 aliphatic heterocycles. The van der Waals surface area contributed by atoms with Crippen LogP contribution in [0.25, 0.3) is 0 Å². The summed E-state index contributed by atoms with van der Waals surface area (Å²) in [5, 5.41) is 0. The summed E-state index contributed by atoms with van der Waals surface area (Å²) in [6.45, 7) is 0. The van der Waals surface area contributed by atoms with Gasteiger partial charge in [0, 0.05) is 38.1 Å². The Labute approximate surface area is 82.3 Å². The molecule has 0 aromatic carbocycles. The van der Waals surface area contributed by atoms with Crippen LogP contribution in [0.5, 0.6) is 0 Å². The van der Waals surface area contributed by atoms with E-state index in [0.29, 0.717) is 0 Å². The van der Waals surface area contributed by atoms with E-state index in [0.717, 1.165) is 0 Å². The van der Waals surface area contributed by atoms with Crippen molar-refractivity contribution in [1.82, 2.24) is 0 Å². The first-order valence-corrected chi connectivity index (χ1v) is 2.00. The van der Waals surface area contributed by atoms with E-state index >= 15 is 0 Å². The van der Waals surface area contributed by atoms with Crippen LogP contribution in [0.15, 0.2) is 0 Å². The Balaban J connectivity index is -0.0000000800. The Kier molecular flexibility index (Phi) is 13.3. The largest absolute Gasteiger partial charge is 2.00 e. The van der Waals surface area contributed by atoms with Gasteiger partial charge in [-0.3, -0.25) is 8.42 Å². The molecule has 0 saturated carbocycles. The Morgan fingerprint density at radius 1 is 1.14 bits per heavy atom. The van der Waals surface area contributed by atoms with Crippen molar-refractivity contribution in [2.24, 2.45) is 0 Å². The fourth-order valence-corrected chi connectivity index (χ4v) is 0. The van der Waals surface area contributed by atoms with Crippen LogP contribution in [-0.4, -0.2) is 17.5 Å². The van der Waals surface area contributed by atoms with Crippen LogP contribution < -0.4 is 0 Å². The molecule has 0 aliphatic rings. The summed E-state index contributed by atoms with van der Waals surface area (Å²) >= 11 is 0. The summed E-state index contributed by atoms with van der Waals surface area (Å²) in [5.41, 5.74) is 0. The molecule has 0 amide bonds. The minimum Gasteiger partial charge on any atom is -0.759 e. The minimum atomic E-state index is -5.17. The number of hydrogen-bond acceptors (Lipinski definition) is 4. The van der Waals surface area contributed by atoms with E-state index < -0.39 is 10.4 Å². The molecule has 7 heteroatoms. The van der Waals surface area contributed by atoms with Crippen LogP contribution in [0, 0.1) is 0 Å². The molecule has 0 spiro atoms. The monoisotopic (exact) mass is 500 g/mol. The first-order chi connectivity index (χ1) is 2.00. The van der Waals surface area contributed by atoms with Crippen LogP contribution in [0.2, 0.25) is 0 Å². The topological polar surface area (TPSA) is 80.3 Å². The van der Waals surface area contributed by atoms with E-state index in [2.05, 4.69) is 0 Å². The predicted octanol–water partition coefficient (Wildman–Crippen LogP) is -1.34. The summed E-state index contributed by atoms with van der Waals surface area (Å²) < 4.78 is 34.1. The Bertz CT molecular complexity index is 92.9. The molecule has 0 unspecified atom stereocenters. The molecule has 4 nitrogen and oxygen atoms in total. The van der Waals surface area contributed by atoms with Crippen molar-refractivity contribution in [3.8, 4) is 0 Å². The van der Waals surface area contributed by atoms with Crippen LogP contribution in [0.3, 0.4) is 0 Å². The smallest absolute Gasteiger partial charge is 0.759 e. The second-order valence-corrected chi connectivity index (χ2v) is 1.22. The van der Waals surface area contributed by atoms with Crippen molar-refractivity contribution in [3.05, 3.63) is 0 Å². The van der Waals surface area contributed by atoms with Gasteiger partial charge in [-0.2, -0.15) is 0 Å². The summed E-state index contributed by atoms with van der Waals surface area (Å²) in [7, 11) is -5.17. The van der Waals surface area contributed by atoms with E-state index in [1.807, 2.05) is 0 Å². The maximum absolute atomic E-state index is 8.52. The summed E-state index contributed by atoms with van der Waals surface area (Å²) in [6, 6.07) is 0. The molecular formula is Hg2O4S. The predicted molar refractivity (Wildman–Crippen MR) is 10.5 cm³/mol. The maximum Gasteiger partial charge on any atom is 2.00 e. The average molecular weight is 497 g/mol. The average Bonchev–Trinajstić information content (AvgIpc) is 0.722. The summed E-state index contributed by atoms with van der Waals surface area (Å²) in [6.07, 6.45) is 0. The fourth-order valence-electron chi connectivity index (χ4n) is 0. The molecule has 0 atom stereocenters. The second-order valence-electron chi connectivity index (χ2n) is 0.408. The molecule has 0 rings (SSSR count). The van der Waals surface area contributed by atoms with Crippen molar-refractivity contribution in [3.63, 3.8) is 0 Å². The zero-order chi connectivity index (χ0) is 4.50. The second kappa shape index (κ2) is 5.87. The number of hydrogen-bond donors (Lipinski definition) is 0. The molecule has 0 aliphatic carbocycles. The first kappa shape index (κ1) is 15.9. The van der Waals surface area contributed by atoms with Crippen molar-refractivity contribution in [2.75, 3.05) is 0 Å². The third kappa shape index (κ3) is 84.2. The standard InChI is InChI=1S/2Hg.H2O4S/c;;1-5(2,3)4/h;;(H2,1,2,3,4)/q;+2;/p-2. The fraction of sp³-hybridized carbons (Fsp3) is 0. The van der Waals surface area contributed by atoms with Gasteiger partial charge in [0.1, 0.15) is 0 Å². The summed E-state index contributed by atoms with van der Waals surface area (Å²) in [4.78, 5) is 0. The molecule has 0 saturated heterocycles. The maximum atomic E-state index is 8.52. The SMILES string of the molecule is O=S(=O)([O-])[O-].[Hg+2].[Hg]. The molecule has 0 N–H and O–H groups in total. The molecule has 0 radical (unpaired) electrons. The quantitative estimate of drug-likeness (QED) is 0.236. The Morgan fingerprint density at radius 2 is 1.14 bits per heavy atom. The van der Waals surface area contributed by atoms with Gasteiger partial charge in [0.25, 0.3) is 0 Å². The third-order valence-electron chi connectivity index (χ3n) is 0. The van der Waals surface area contributed by atoms with E-state index in [-0.39, 0.29) is 55.3 Å². The van der Waals surface area contributed by atoms with Crippen molar-refractivity contribution >= 4 is 10.4 Å². The van der Waals surface area contributed by atoms with E-state index in [1.54, 1.807) is 0 Å². The van der Waals surface area contributed by atoms with Crippen LogP contribution >= 0.6 is 0 Å². The third-order valence-corrected chi connectivity index (χ3v) is 0. The molecule has 0 bridgehead atoms. The van der Waals surface area contributed by atoms with Gasteiger partial charge in [-0.15, -0.1) is 0 Å². The van der Waals surface area contributed by atoms with E-state index in [9.17, 15) is 0 Å². The van der Waals surface area contributed by atoms with Crippen LogP contribution in [0.1, 0.15) is 0 Å². The first-order valence-electron chi connectivity index (χ1n) is 0.667. The molecule has 0 aromatic rings. The van der Waals surface area contributed by atoms with Crippen molar-refractivity contribution in [2.45, 2.75) is 0 Å². The Morgan fingerprint density at radius 3 is 1.14 bits per heavy atom. The molecular weight excluding hydrogens is 497 g/mol. The molecule has 0 fully saturated rings. The minimum absolute atomic E-state index is 0. The van der Waals surface area contributed by atoms with Gasteiger partial charge in [-0.05, 0) is 0 Å². The zero-order valence-corrected chi connectivity index (χ0v) is 15.3. The van der Waals surface area contributed by atoms with Crippen LogP contribution in [-0.2, 0) is 65.7 Å². The van der Waals surface area contributed by atoms with E-state index in [1.165, 1.54) is 0 Å². The van der Waals surface area contributed by atoms with Gasteiger partial charge in [0.15, 0.2) is 0 Å². The van der Waals surface area contributed by atoms with Crippen LogP contribution in [0.4, 0.5) is 0 Å². The van der Waals surface area contributed by atoms with Gasteiger partial charge in [-0.1, -0.05) is 0 Å². The molecule has 34 valence electrons. The Hall–Kier alpha value is 1.74. The van der Waals surface area contributed by atoms with Gasteiger partial charge in [0.05, 0.1) is 0 Å². The van der Waals surface area contributed by atoms with Gasteiger partial charge in [-0.25, -0.2) is 0 Å². The number of rotatable bonds is 0. The van der Waals surface area contributed by atoms with Gasteiger partial charge in [0.2, 0.25) is 0 Å². The van der Waals surface area contributed by atoms with Gasteiger partial charge >= 0.3 is 27.7 Å². The van der Waals surface area contributed by atoms with Crippen molar-refractivity contribution in [1.29, 1.82) is 0 Å². The zero-order valence-electron chi connectivity index (χ0n) is 3.46. The molecule has 0 aromatic heterocycles. The normalized spacial score (nSPS) is 8.29. The van der Waals surface area contributed by atoms with E-state index in [4.69, 9.17) is 17.5 Å². The van der Waals surface area contributed by atoms with Crippen molar-refractivity contribution < 1.29 is 72.9 Å². The molecule has 0 heterocycles. The molecule has 7 heavy (non-hydrogen) atoms. The summed E-state index contributed by atoms with van der Waals surface area (Å²) in [5.74, 6) is 0.